The van der Waals surface area contributed by atoms with Gasteiger partial charge in [-0.3, -0.25) is 9.10 Å². The maximum Gasteiger partial charge on any atom is 0.273 e. The zero-order valence-electron chi connectivity index (χ0n) is 11.3. The van der Waals surface area contributed by atoms with Gasteiger partial charge in [-0.2, -0.15) is 0 Å². The lowest BCUT2D eigenvalue weighted by Crippen LogP contribution is -2.37. The van der Waals surface area contributed by atoms with Crippen LogP contribution < -0.4 is 9.04 Å². The van der Waals surface area contributed by atoms with Gasteiger partial charge in [0, 0.05) is 18.5 Å². The molecule has 0 bridgehead atoms. The number of methoxy groups -OCH3 is 1. The van der Waals surface area contributed by atoms with E-state index >= 15 is 0 Å². The van der Waals surface area contributed by atoms with Crippen molar-refractivity contribution >= 4 is 32.8 Å². The Hall–Kier alpha value is -1.86. The zero-order valence-corrected chi connectivity index (χ0v) is 12.9. The summed E-state index contributed by atoms with van der Waals surface area (Å²) in [6.07, 6.45) is 0.171. The van der Waals surface area contributed by atoms with Crippen LogP contribution in [0.2, 0.25) is 0 Å². The third-order valence-corrected chi connectivity index (χ3v) is 6.54. The van der Waals surface area contributed by atoms with Crippen molar-refractivity contribution in [2.45, 2.75) is 10.6 Å². The molecule has 0 saturated carbocycles. The van der Waals surface area contributed by atoms with Gasteiger partial charge in [0.2, 0.25) is 0 Å². The number of fused-ring (bicyclic) bond motifs is 1. The van der Waals surface area contributed by atoms with Crippen LogP contribution in [0.25, 0.3) is 0 Å². The van der Waals surface area contributed by atoms with E-state index in [1.807, 2.05) is 0 Å². The van der Waals surface area contributed by atoms with Crippen molar-refractivity contribution in [3.05, 3.63) is 41.3 Å². The topological polar surface area (TPSA) is 63.7 Å². The molecule has 0 atom stereocenters. The Morgan fingerprint density at radius 1 is 1.29 bits per heavy atom. The van der Waals surface area contributed by atoms with Crippen molar-refractivity contribution < 1.29 is 17.9 Å². The third-order valence-electron chi connectivity index (χ3n) is 3.35. The second-order valence-corrected chi connectivity index (χ2v) is 7.60. The molecule has 1 aromatic heterocycles. The van der Waals surface area contributed by atoms with Gasteiger partial charge in [0.05, 0.1) is 12.8 Å². The van der Waals surface area contributed by atoms with Crippen molar-refractivity contribution in [3.63, 3.8) is 0 Å². The van der Waals surface area contributed by atoms with Crippen LogP contribution in [0, 0.1) is 0 Å². The smallest absolute Gasteiger partial charge is 0.273 e. The second kappa shape index (κ2) is 5.16. The summed E-state index contributed by atoms with van der Waals surface area (Å²) in [6, 6.07) is 8.14. The number of nitrogens with zero attached hydrogens (tertiary/aromatic N) is 1. The van der Waals surface area contributed by atoms with Gasteiger partial charge in [-0.05, 0) is 29.6 Å². The molecule has 1 aliphatic rings. The molecule has 7 heteroatoms. The largest absolute Gasteiger partial charge is 0.497 e. The van der Waals surface area contributed by atoms with Crippen LogP contribution in [-0.2, 0) is 10.0 Å². The van der Waals surface area contributed by atoms with Crippen molar-refractivity contribution in [1.29, 1.82) is 0 Å². The number of rotatable bonds is 3. The van der Waals surface area contributed by atoms with Crippen molar-refractivity contribution in [2.75, 3.05) is 18.0 Å². The lowest BCUT2D eigenvalue weighted by Gasteiger charge is -2.29. The van der Waals surface area contributed by atoms with Crippen LogP contribution >= 0.6 is 11.3 Å². The van der Waals surface area contributed by atoms with Crippen molar-refractivity contribution in [1.82, 2.24) is 0 Å². The number of anilines is 1. The highest BCUT2D eigenvalue weighted by Crippen LogP contribution is 2.35. The highest BCUT2D eigenvalue weighted by Gasteiger charge is 2.33. The van der Waals surface area contributed by atoms with E-state index in [-0.39, 0.29) is 23.0 Å². The maximum atomic E-state index is 12.7. The van der Waals surface area contributed by atoms with Gasteiger partial charge in [0.1, 0.15) is 9.96 Å². The Bertz CT molecular complexity index is 781. The minimum atomic E-state index is -3.62. The van der Waals surface area contributed by atoms with Crippen LogP contribution in [0.15, 0.2) is 39.9 Å². The van der Waals surface area contributed by atoms with E-state index in [1.165, 1.54) is 22.8 Å². The molecule has 2 heterocycles. The Kier molecular flexibility index (Phi) is 3.46. The van der Waals surface area contributed by atoms with Gasteiger partial charge in [-0.1, -0.05) is 6.07 Å². The first kappa shape index (κ1) is 14.1. The number of ether oxygens (including phenoxy) is 1. The monoisotopic (exact) mass is 323 g/mol. The van der Waals surface area contributed by atoms with E-state index < -0.39 is 10.0 Å². The highest BCUT2D eigenvalue weighted by molar-refractivity contribution is 7.94. The van der Waals surface area contributed by atoms with E-state index in [1.54, 1.807) is 35.7 Å². The number of thiophene rings is 1. The first-order chi connectivity index (χ1) is 10.0. The maximum absolute atomic E-state index is 12.7. The van der Waals surface area contributed by atoms with Crippen LogP contribution in [0.4, 0.5) is 5.69 Å². The van der Waals surface area contributed by atoms with Crippen molar-refractivity contribution in [2.24, 2.45) is 0 Å². The molecule has 0 fully saturated rings. The minimum Gasteiger partial charge on any atom is -0.497 e. The standard InChI is InChI=1S/C14H13NO4S2/c1-19-10-4-5-12-11(9-10)13(16)6-7-15(12)21(17,18)14-3-2-8-20-14/h2-5,8-9H,6-7H2,1H3. The molecule has 0 aliphatic carbocycles. The predicted octanol–water partition coefficient (Wildman–Crippen LogP) is 2.54. The van der Waals surface area contributed by atoms with Gasteiger partial charge in [0.15, 0.2) is 5.78 Å². The molecule has 3 rings (SSSR count). The number of Topliss-reactive ketones (excluding diaryl/α,β-unsaturated/α-hetero) is 1. The minimum absolute atomic E-state index is 0.0680. The summed E-state index contributed by atoms with van der Waals surface area (Å²) in [5.41, 5.74) is 0.807. The Balaban J connectivity index is 2.12. The predicted molar refractivity (Wildman–Crippen MR) is 80.8 cm³/mol. The Labute approximate surface area is 126 Å². The summed E-state index contributed by atoms with van der Waals surface area (Å²) in [6.45, 7) is 0.165. The molecule has 2 aromatic rings. The summed E-state index contributed by atoms with van der Waals surface area (Å²) in [4.78, 5) is 12.0. The van der Waals surface area contributed by atoms with Gasteiger partial charge in [-0.15, -0.1) is 11.3 Å². The fraction of sp³-hybridized carbons (Fsp3) is 0.214. The molecule has 21 heavy (non-hydrogen) atoms. The van der Waals surface area contributed by atoms with Crippen LogP contribution in [-0.4, -0.2) is 27.9 Å². The SMILES string of the molecule is COc1ccc2c(c1)C(=O)CCN2S(=O)(=O)c1cccs1. The number of carbonyl (C=O) groups is 1. The molecule has 0 unspecified atom stereocenters. The van der Waals surface area contributed by atoms with Gasteiger partial charge in [-0.25, -0.2) is 8.42 Å². The molecule has 110 valence electrons. The van der Waals surface area contributed by atoms with E-state index in [0.717, 1.165) is 0 Å². The average molecular weight is 323 g/mol. The fourth-order valence-corrected chi connectivity index (χ4v) is 4.90. The quantitative estimate of drug-likeness (QED) is 0.871. The number of sulfonamides is 1. The molecule has 0 spiro atoms. The number of hydrogen-bond donors (Lipinski definition) is 0. The number of hydrogen-bond acceptors (Lipinski definition) is 5. The third kappa shape index (κ3) is 2.32. The van der Waals surface area contributed by atoms with E-state index in [2.05, 4.69) is 0 Å². The molecule has 0 N–H and O–H groups in total. The molecule has 0 radical (unpaired) electrons. The molecule has 0 amide bonds. The molecule has 1 aliphatic heterocycles. The summed E-state index contributed by atoms with van der Waals surface area (Å²) in [5.74, 6) is 0.471. The fourth-order valence-electron chi connectivity index (χ4n) is 2.31. The van der Waals surface area contributed by atoms with Crippen LogP contribution in [0.3, 0.4) is 0 Å². The van der Waals surface area contributed by atoms with E-state index in [0.29, 0.717) is 17.0 Å². The number of ketones is 1. The van der Waals surface area contributed by atoms with Gasteiger partial charge < -0.3 is 4.74 Å². The normalized spacial score (nSPS) is 14.9. The molecular formula is C14H13NO4S2. The van der Waals surface area contributed by atoms with E-state index in [4.69, 9.17) is 4.74 Å². The highest BCUT2D eigenvalue weighted by atomic mass is 32.2. The number of benzene rings is 1. The summed E-state index contributed by atoms with van der Waals surface area (Å²) < 4.78 is 32.0. The van der Waals surface area contributed by atoms with Crippen LogP contribution in [0.5, 0.6) is 5.75 Å². The number of carbonyl (C=O) groups excluding carboxylic acids is 1. The van der Waals surface area contributed by atoms with Crippen molar-refractivity contribution in [3.8, 4) is 5.75 Å². The summed E-state index contributed by atoms with van der Waals surface area (Å²) in [7, 11) is -2.11. The summed E-state index contributed by atoms with van der Waals surface area (Å²) >= 11 is 1.17. The lowest BCUT2D eigenvalue weighted by molar-refractivity contribution is 0.0981. The Morgan fingerprint density at radius 3 is 2.76 bits per heavy atom. The van der Waals surface area contributed by atoms with Gasteiger partial charge in [0.25, 0.3) is 10.0 Å². The van der Waals surface area contributed by atoms with Gasteiger partial charge >= 0.3 is 0 Å². The zero-order chi connectivity index (χ0) is 15.0. The average Bonchev–Trinajstić information content (AvgIpc) is 3.02. The molecule has 1 aromatic carbocycles. The first-order valence-electron chi connectivity index (χ1n) is 6.31. The van der Waals surface area contributed by atoms with E-state index in [9.17, 15) is 13.2 Å². The Morgan fingerprint density at radius 2 is 2.10 bits per heavy atom. The molecule has 0 saturated heterocycles. The molecule has 5 nitrogen and oxygen atoms in total. The first-order valence-corrected chi connectivity index (χ1v) is 8.63. The lowest BCUT2D eigenvalue weighted by atomic mass is 10.0. The summed E-state index contributed by atoms with van der Waals surface area (Å²) in [5, 5.41) is 1.72. The molecular weight excluding hydrogens is 310 g/mol. The second-order valence-electron chi connectivity index (χ2n) is 4.57. The van der Waals surface area contributed by atoms with Crippen LogP contribution in [0.1, 0.15) is 16.8 Å².